The second-order valence-corrected chi connectivity index (χ2v) is 7.39. The van der Waals surface area contributed by atoms with Crippen LogP contribution in [-0.4, -0.2) is 72.8 Å². The second kappa shape index (κ2) is 10.4. The van der Waals surface area contributed by atoms with Crippen molar-refractivity contribution in [3.63, 3.8) is 0 Å². The topological polar surface area (TPSA) is 79.3 Å². The number of carbonyl (C=O) groups is 2. The van der Waals surface area contributed by atoms with Gasteiger partial charge in [0.2, 0.25) is 0 Å². The zero-order chi connectivity index (χ0) is 20.7. The fourth-order valence-electron chi connectivity index (χ4n) is 3.92. The minimum absolute atomic E-state index is 0.0880. The molecular weight excluding hydrogens is 360 g/mol. The number of rotatable bonds is 9. The van der Waals surface area contributed by atoms with E-state index in [0.717, 1.165) is 55.9 Å². The van der Waals surface area contributed by atoms with Crippen LogP contribution in [0.3, 0.4) is 0 Å². The number of ether oxygens (including phenoxy) is 2. The molecule has 7 heteroatoms. The number of aryl methyl sites for hydroxylation is 2. The molecule has 0 spiro atoms. The van der Waals surface area contributed by atoms with Crippen LogP contribution in [0.1, 0.15) is 36.5 Å². The zero-order valence-corrected chi connectivity index (χ0v) is 17.4. The van der Waals surface area contributed by atoms with E-state index in [1.807, 2.05) is 20.8 Å². The maximum Gasteiger partial charge on any atom is 0.343 e. The van der Waals surface area contributed by atoms with Crippen molar-refractivity contribution in [1.82, 2.24) is 9.80 Å². The molecule has 1 saturated heterocycles. The first-order valence-electron chi connectivity index (χ1n) is 9.82. The van der Waals surface area contributed by atoms with E-state index in [4.69, 9.17) is 9.84 Å². The summed E-state index contributed by atoms with van der Waals surface area (Å²) in [4.78, 5) is 26.8. The van der Waals surface area contributed by atoms with E-state index >= 15 is 0 Å². The lowest BCUT2D eigenvalue weighted by Crippen LogP contribution is -2.46. The van der Waals surface area contributed by atoms with Crippen LogP contribution in [0.2, 0.25) is 0 Å². The summed E-state index contributed by atoms with van der Waals surface area (Å²) in [5, 5.41) is 9.06. The van der Waals surface area contributed by atoms with Crippen molar-refractivity contribution in [2.45, 2.75) is 46.2 Å². The predicted octanol–water partition coefficient (Wildman–Crippen LogP) is 2.23. The molecule has 156 valence electrons. The maximum absolute atomic E-state index is 11.3. The van der Waals surface area contributed by atoms with Gasteiger partial charge in [-0.15, -0.1) is 0 Å². The van der Waals surface area contributed by atoms with Crippen LogP contribution in [0.15, 0.2) is 12.1 Å². The van der Waals surface area contributed by atoms with E-state index in [-0.39, 0.29) is 13.2 Å². The van der Waals surface area contributed by atoms with E-state index in [0.29, 0.717) is 6.04 Å². The molecule has 0 atom stereocenters. The smallest absolute Gasteiger partial charge is 0.343 e. The van der Waals surface area contributed by atoms with E-state index in [9.17, 15) is 9.59 Å². The Morgan fingerprint density at radius 3 is 2.32 bits per heavy atom. The number of likely N-dealkylation sites (N-methyl/N-ethyl adjacent to an activating group) is 1. The van der Waals surface area contributed by atoms with E-state index < -0.39 is 11.9 Å². The monoisotopic (exact) mass is 392 g/mol. The lowest BCUT2D eigenvalue weighted by molar-refractivity contribution is -0.143. The Labute approximate surface area is 167 Å². The predicted molar refractivity (Wildman–Crippen MR) is 107 cm³/mol. The van der Waals surface area contributed by atoms with E-state index in [1.165, 1.54) is 12.7 Å². The average Bonchev–Trinajstić information content (AvgIpc) is 2.65. The molecule has 7 nitrogen and oxygen atoms in total. The van der Waals surface area contributed by atoms with Crippen LogP contribution in [0.4, 0.5) is 0 Å². The number of nitrogens with zero attached hydrogens (tertiary/aromatic N) is 2. The summed E-state index contributed by atoms with van der Waals surface area (Å²) >= 11 is 0. The Kier molecular flexibility index (Phi) is 8.26. The lowest BCUT2D eigenvalue weighted by atomic mass is 10.0. The normalized spacial score (nSPS) is 15.6. The first kappa shape index (κ1) is 22.2. The van der Waals surface area contributed by atoms with Gasteiger partial charge in [-0.25, -0.2) is 4.79 Å². The van der Waals surface area contributed by atoms with Gasteiger partial charge >= 0.3 is 11.9 Å². The Hall–Kier alpha value is -2.12. The van der Waals surface area contributed by atoms with Crippen molar-refractivity contribution in [3.05, 3.63) is 28.8 Å². The van der Waals surface area contributed by atoms with Gasteiger partial charge < -0.3 is 14.6 Å². The van der Waals surface area contributed by atoms with E-state index in [1.54, 1.807) is 0 Å². The van der Waals surface area contributed by atoms with Crippen molar-refractivity contribution < 1.29 is 24.2 Å². The highest BCUT2D eigenvalue weighted by atomic mass is 16.6. The zero-order valence-electron chi connectivity index (χ0n) is 17.4. The number of carboxylic acids is 1. The van der Waals surface area contributed by atoms with Crippen molar-refractivity contribution in [2.75, 3.05) is 39.9 Å². The number of carbonyl (C=O) groups excluding carboxylic acids is 1. The van der Waals surface area contributed by atoms with Crippen molar-refractivity contribution in [2.24, 2.45) is 0 Å². The quantitative estimate of drug-likeness (QED) is 0.646. The highest BCUT2D eigenvalue weighted by Gasteiger charge is 2.25. The number of likely N-dealkylation sites (tertiary alicyclic amines) is 1. The van der Waals surface area contributed by atoms with Gasteiger partial charge in [-0.2, -0.15) is 0 Å². The fourth-order valence-corrected chi connectivity index (χ4v) is 3.92. The summed E-state index contributed by atoms with van der Waals surface area (Å²) in [7, 11) is 1.35. The Morgan fingerprint density at radius 1 is 1.21 bits per heavy atom. The first-order chi connectivity index (χ1) is 13.3. The number of esters is 1. The molecule has 1 aliphatic heterocycles. The van der Waals surface area contributed by atoms with Gasteiger partial charge in [-0.3, -0.25) is 14.6 Å². The molecule has 0 radical (unpaired) electrons. The van der Waals surface area contributed by atoms with Crippen LogP contribution in [-0.2, 0) is 20.9 Å². The molecule has 2 rings (SSSR count). The number of aliphatic carboxylic acids is 1. The summed E-state index contributed by atoms with van der Waals surface area (Å²) < 4.78 is 10.2. The number of hydrogen-bond donors (Lipinski definition) is 1. The molecule has 0 aromatic heterocycles. The molecule has 28 heavy (non-hydrogen) atoms. The van der Waals surface area contributed by atoms with Crippen LogP contribution >= 0.6 is 0 Å². The van der Waals surface area contributed by atoms with Crippen LogP contribution in [0, 0.1) is 13.8 Å². The average molecular weight is 392 g/mol. The lowest BCUT2D eigenvalue weighted by Gasteiger charge is -2.37. The van der Waals surface area contributed by atoms with Crippen molar-refractivity contribution in [1.29, 1.82) is 0 Å². The van der Waals surface area contributed by atoms with Gasteiger partial charge in [0.15, 0.2) is 6.61 Å². The van der Waals surface area contributed by atoms with Gasteiger partial charge in [0.25, 0.3) is 0 Å². The van der Waals surface area contributed by atoms with Crippen molar-refractivity contribution >= 4 is 11.9 Å². The van der Waals surface area contributed by atoms with Crippen molar-refractivity contribution in [3.8, 4) is 5.75 Å². The number of hydrogen-bond acceptors (Lipinski definition) is 6. The molecule has 1 fully saturated rings. The summed E-state index contributed by atoms with van der Waals surface area (Å²) in [6, 6.07) is 4.55. The third kappa shape index (κ3) is 6.21. The third-order valence-corrected chi connectivity index (χ3v) is 5.31. The number of methoxy groups -OCH3 is 1. The SMILES string of the molecule is CCN(CC(=O)O)C1CCN(Cc2cc(C)c(OCC(=O)OC)c(C)c2)CC1. The summed E-state index contributed by atoms with van der Waals surface area (Å²) in [5.74, 6) is -0.417. The van der Waals surface area contributed by atoms with Gasteiger partial charge in [-0.05, 0) is 63.0 Å². The van der Waals surface area contributed by atoms with Gasteiger partial charge in [-0.1, -0.05) is 19.1 Å². The number of carboxylic acid groups (broad SMARTS) is 1. The molecule has 1 aromatic rings. The minimum Gasteiger partial charge on any atom is -0.481 e. The maximum atomic E-state index is 11.3. The van der Waals surface area contributed by atoms with Gasteiger partial charge in [0.05, 0.1) is 13.7 Å². The first-order valence-corrected chi connectivity index (χ1v) is 9.82. The van der Waals surface area contributed by atoms with Crippen LogP contribution < -0.4 is 4.74 Å². The van der Waals surface area contributed by atoms with Gasteiger partial charge in [0, 0.05) is 12.6 Å². The largest absolute Gasteiger partial charge is 0.481 e. The number of benzene rings is 1. The number of piperidine rings is 1. The van der Waals surface area contributed by atoms with Crippen LogP contribution in [0.5, 0.6) is 5.75 Å². The molecule has 0 bridgehead atoms. The highest BCUT2D eigenvalue weighted by molar-refractivity contribution is 5.71. The molecule has 1 aliphatic rings. The molecule has 0 unspecified atom stereocenters. The fraction of sp³-hybridized carbons (Fsp3) is 0.619. The minimum atomic E-state index is -0.760. The molecular formula is C21H32N2O5. The third-order valence-electron chi connectivity index (χ3n) is 5.31. The molecule has 1 aromatic carbocycles. The Balaban J connectivity index is 1.92. The van der Waals surface area contributed by atoms with Gasteiger partial charge in [0.1, 0.15) is 5.75 Å². The molecule has 0 aliphatic carbocycles. The van der Waals surface area contributed by atoms with Crippen LogP contribution in [0.25, 0.3) is 0 Å². The summed E-state index contributed by atoms with van der Waals surface area (Å²) in [6.45, 7) is 9.56. The second-order valence-electron chi connectivity index (χ2n) is 7.39. The van der Waals surface area contributed by atoms with E-state index in [2.05, 4.69) is 26.7 Å². The molecule has 0 amide bonds. The summed E-state index contributed by atoms with van der Waals surface area (Å²) in [6.07, 6.45) is 1.97. The standard InChI is InChI=1S/C21H32N2O5/c1-5-23(13-19(24)25)18-6-8-22(9-7-18)12-17-10-15(2)21(16(3)11-17)28-14-20(26)27-4/h10-11,18H,5-9,12-14H2,1-4H3,(H,24,25). The molecule has 1 heterocycles. The highest BCUT2D eigenvalue weighted by Crippen LogP contribution is 2.26. The summed E-state index contributed by atoms with van der Waals surface area (Å²) in [5.41, 5.74) is 3.23. The molecule has 0 saturated carbocycles. The molecule has 1 N–H and O–H groups in total. The Morgan fingerprint density at radius 2 is 1.82 bits per heavy atom. The Bertz CT molecular complexity index is 660.